The lowest BCUT2D eigenvalue weighted by molar-refractivity contribution is -0.127. The second kappa shape index (κ2) is 9.21. The van der Waals surface area contributed by atoms with Gasteiger partial charge in [0.1, 0.15) is 5.82 Å². The first-order valence-electron chi connectivity index (χ1n) is 9.59. The standard InChI is InChI=1S/C21H27N5O2/c1-25(2)18-7-3-6-17(15-18)24-19-14-16(9-11-22-19)21(28)23-10-5-13-26-12-4-8-20(26)27/h3,6-7,9,11,14-15H,4-5,8,10,12-13H2,1-2H3,(H,22,24)(H,23,28). The molecule has 2 N–H and O–H groups in total. The van der Waals surface area contributed by atoms with Crippen LogP contribution < -0.4 is 15.5 Å². The Morgan fingerprint density at radius 1 is 1.25 bits per heavy atom. The maximum atomic E-state index is 12.4. The van der Waals surface area contributed by atoms with Crippen molar-refractivity contribution < 1.29 is 9.59 Å². The van der Waals surface area contributed by atoms with E-state index in [1.54, 1.807) is 18.3 Å². The zero-order chi connectivity index (χ0) is 19.9. The zero-order valence-electron chi connectivity index (χ0n) is 16.4. The van der Waals surface area contributed by atoms with Crippen LogP contribution in [0.25, 0.3) is 0 Å². The second-order valence-corrected chi connectivity index (χ2v) is 7.09. The lowest BCUT2D eigenvalue weighted by Crippen LogP contribution is -2.30. The van der Waals surface area contributed by atoms with E-state index in [4.69, 9.17) is 0 Å². The van der Waals surface area contributed by atoms with Crippen LogP contribution in [0.2, 0.25) is 0 Å². The molecule has 2 heterocycles. The molecule has 0 aliphatic carbocycles. The van der Waals surface area contributed by atoms with Crippen LogP contribution in [0.1, 0.15) is 29.6 Å². The quantitative estimate of drug-likeness (QED) is 0.688. The van der Waals surface area contributed by atoms with Crippen molar-refractivity contribution in [3.8, 4) is 0 Å². The highest BCUT2D eigenvalue weighted by molar-refractivity contribution is 5.94. The van der Waals surface area contributed by atoms with Gasteiger partial charge in [0, 0.05) is 63.3 Å². The molecule has 7 heteroatoms. The molecule has 0 saturated carbocycles. The van der Waals surface area contributed by atoms with Crippen molar-refractivity contribution in [3.63, 3.8) is 0 Å². The zero-order valence-corrected chi connectivity index (χ0v) is 16.4. The van der Waals surface area contributed by atoms with E-state index < -0.39 is 0 Å². The van der Waals surface area contributed by atoms with E-state index in [0.29, 0.717) is 30.9 Å². The lowest BCUT2D eigenvalue weighted by atomic mass is 10.2. The normalized spacial score (nSPS) is 13.5. The maximum Gasteiger partial charge on any atom is 0.251 e. The predicted octanol–water partition coefficient (Wildman–Crippen LogP) is 2.63. The van der Waals surface area contributed by atoms with Gasteiger partial charge in [-0.15, -0.1) is 0 Å². The maximum absolute atomic E-state index is 12.4. The Labute approximate surface area is 165 Å². The SMILES string of the molecule is CN(C)c1cccc(Nc2cc(C(=O)NCCCN3CCCC3=O)ccn2)c1. The molecule has 1 aliphatic rings. The van der Waals surface area contributed by atoms with Gasteiger partial charge in [0.2, 0.25) is 5.91 Å². The Hall–Kier alpha value is -3.09. The van der Waals surface area contributed by atoms with Crippen molar-refractivity contribution in [3.05, 3.63) is 48.2 Å². The van der Waals surface area contributed by atoms with Crippen molar-refractivity contribution in [1.29, 1.82) is 0 Å². The summed E-state index contributed by atoms with van der Waals surface area (Å²) in [6, 6.07) is 11.4. The topological polar surface area (TPSA) is 77.6 Å². The van der Waals surface area contributed by atoms with Crippen LogP contribution in [0.4, 0.5) is 17.2 Å². The van der Waals surface area contributed by atoms with E-state index in [1.165, 1.54) is 0 Å². The molecular weight excluding hydrogens is 354 g/mol. The summed E-state index contributed by atoms with van der Waals surface area (Å²) in [6.07, 6.45) is 3.97. The number of benzene rings is 1. The van der Waals surface area contributed by atoms with Crippen LogP contribution in [-0.4, -0.2) is 55.4 Å². The Morgan fingerprint density at radius 3 is 2.86 bits per heavy atom. The van der Waals surface area contributed by atoms with Gasteiger partial charge in [0.15, 0.2) is 0 Å². The molecule has 3 rings (SSSR count). The molecule has 0 radical (unpaired) electrons. The highest BCUT2D eigenvalue weighted by Gasteiger charge is 2.19. The third-order valence-electron chi connectivity index (χ3n) is 4.72. The molecule has 1 saturated heterocycles. The summed E-state index contributed by atoms with van der Waals surface area (Å²) in [7, 11) is 3.98. The number of hydrogen-bond acceptors (Lipinski definition) is 5. The fraction of sp³-hybridized carbons (Fsp3) is 0.381. The number of likely N-dealkylation sites (tertiary alicyclic amines) is 1. The molecular formula is C21H27N5O2. The van der Waals surface area contributed by atoms with Crippen molar-refractivity contribution in [2.75, 3.05) is 43.9 Å². The molecule has 1 aliphatic heterocycles. The van der Waals surface area contributed by atoms with E-state index in [1.807, 2.05) is 48.2 Å². The smallest absolute Gasteiger partial charge is 0.251 e. The summed E-state index contributed by atoms with van der Waals surface area (Å²) in [5.74, 6) is 0.695. The minimum absolute atomic E-state index is 0.139. The summed E-state index contributed by atoms with van der Waals surface area (Å²) in [4.78, 5) is 32.2. The molecule has 7 nitrogen and oxygen atoms in total. The molecule has 0 unspecified atom stereocenters. The number of carbonyl (C=O) groups excluding carboxylic acids is 2. The van der Waals surface area contributed by atoms with Crippen molar-refractivity contribution in [2.24, 2.45) is 0 Å². The number of pyridine rings is 1. The molecule has 1 aromatic heterocycles. The fourth-order valence-electron chi connectivity index (χ4n) is 3.16. The van der Waals surface area contributed by atoms with Crippen molar-refractivity contribution >= 4 is 29.0 Å². The average molecular weight is 381 g/mol. The number of amides is 2. The first-order valence-corrected chi connectivity index (χ1v) is 9.59. The van der Waals surface area contributed by atoms with Gasteiger partial charge < -0.3 is 20.4 Å². The fourth-order valence-corrected chi connectivity index (χ4v) is 3.16. The van der Waals surface area contributed by atoms with Crippen LogP contribution in [0.5, 0.6) is 0 Å². The lowest BCUT2D eigenvalue weighted by Gasteiger charge is -2.15. The van der Waals surface area contributed by atoms with Crippen molar-refractivity contribution in [1.82, 2.24) is 15.2 Å². The molecule has 1 fully saturated rings. The van der Waals surface area contributed by atoms with E-state index in [0.717, 1.165) is 30.8 Å². The molecule has 0 atom stereocenters. The van der Waals surface area contributed by atoms with Gasteiger partial charge in [-0.1, -0.05) is 6.07 Å². The molecule has 28 heavy (non-hydrogen) atoms. The number of aromatic nitrogens is 1. The minimum atomic E-state index is -0.139. The number of carbonyl (C=O) groups is 2. The Balaban J connectivity index is 1.53. The summed E-state index contributed by atoms with van der Waals surface area (Å²) >= 11 is 0. The average Bonchev–Trinajstić information content (AvgIpc) is 3.10. The van der Waals surface area contributed by atoms with Gasteiger partial charge in [0.25, 0.3) is 5.91 Å². The van der Waals surface area contributed by atoms with Gasteiger partial charge in [-0.3, -0.25) is 9.59 Å². The van der Waals surface area contributed by atoms with Gasteiger partial charge in [-0.2, -0.15) is 0 Å². The van der Waals surface area contributed by atoms with Gasteiger partial charge in [-0.05, 0) is 43.2 Å². The van der Waals surface area contributed by atoms with E-state index in [-0.39, 0.29) is 11.8 Å². The Morgan fingerprint density at radius 2 is 2.11 bits per heavy atom. The number of nitrogens with one attached hydrogen (secondary N) is 2. The van der Waals surface area contributed by atoms with E-state index >= 15 is 0 Å². The van der Waals surface area contributed by atoms with Gasteiger partial charge in [0.05, 0.1) is 0 Å². The van der Waals surface area contributed by atoms with Gasteiger partial charge in [-0.25, -0.2) is 4.98 Å². The number of nitrogens with zero attached hydrogens (tertiary/aromatic N) is 3. The molecule has 148 valence electrons. The second-order valence-electron chi connectivity index (χ2n) is 7.09. The highest BCUT2D eigenvalue weighted by atomic mass is 16.2. The van der Waals surface area contributed by atoms with Gasteiger partial charge >= 0.3 is 0 Å². The summed E-state index contributed by atoms with van der Waals surface area (Å²) < 4.78 is 0. The Kier molecular flexibility index (Phi) is 6.47. The molecule has 0 spiro atoms. The van der Waals surface area contributed by atoms with Crippen LogP contribution in [0.3, 0.4) is 0 Å². The van der Waals surface area contributed by atoms with Crippen LogP contribution in [0.15, 0.2) is 42.6 Å². The third-order valence-corrected chi connectivity index (χ3v) is 4.72. The van der Waals surface area contributed by atoms with Crippen LogP contribution in [0, 0.1) is 0 Å². The highest BCUT2D eigenvalue weighted by Crippen LogP contribution is 2.21. The summed E-state index contributed by atoms with van der Waals surface area (Å²) in [5, 5.41) is 6.16. The molecule has 2 amide bonds. The number of rotatable bonds is 8. The minimum Gasteiger partial charge on any atom is -0.378 e. The third kappa shape index (κ3) is 5.22. The number of hydrogen-bond donors (Lipinski definition) is 2. The van der Waals surface area contributed by atoms with E-state index in [9.17, 15) is 9.59 Å². The Bertz CT molecular complexity index is 837. The summed E-state index contributed by atoms with van der Waals surface area (Å²) in [6.45, 7) is 2.07. The van der Waals surface area contributed by atoms with Crippen LogP contribution >= 0.6 is 0 Å². The molecule has 0 bridgehead atoms. The predicted molar refractivity (Wildman–Crippen MR) is 111 cm³/mol. The molecule has 2 aromatic rings. The monoisotopic (exact) mass is 381 g/mol. The summed E-state index contributed by atoms with van der Waals surface area (Å²) in [5.41, 5.74) is 2.54. The number of anilines is 3. The largest absolute Gasteiger partial charge is 0.378 e. The molecule has 1 aromatic carbocycles. The van der Waals surface area contributed by atoms with Crippen molar-refractivity contribution in [2.45, 2.75) is 19.3 Å². The first kappa shape index (κ1) is 19.7. The van der Waals surface area contributed by atoms with Crippen LogP contribution in [-0.2, 0) is 4.79 Å². The van der Waals surface area contributed by atoms with E-state index in [2.05, 4.69) is 15.6 Å². The first-order chi connectivity index (χ1) is 13.5.